The largest absolute Gasteiger partial charge is 0.458 e. The molecule has 3 unspecified atom stereocenters. The Morgan fingerprint density at radius 3 is 2.59 bits per heavy atom. The van der Waals surface area contributed by atoms with Crippen LogP contribution in [-0.2, 0) is 23.7 Å². The molecule has 3 aromatic rings. The summed E-state index contributed by atoms with van der Waals surface area (Å²) < 4.78 is 27.3. The van der Waals surface area contributed by atoms with Gasteiger partial charge in [0.15, 0.2) is 6.29 Å². The van der Waals surface area contributed by atoms with Gasteiger partial charge in [-0.2, -0.15) is 5.10 Å². The summed E-state index contributed by atoms with van der Waals surface area (Å²) in [5, 5.41) is 16.5. The average molecular weight is 626 g/mol. The van der Waals surface area contributed by atoms with Gasteiger partial charge in [0, 0.05) is 29.3 Å². The second kappa shape index (κ2) is 10.6. The van der Waals surface area contributed by atoms with Crippen LogP contribution in [0.1, 0.15) is 64.7 Å². The molecule has 0 N–H and O–H groups in total. The maximum atomic E-state index is 12.4. The number of nitro groups is 1. The van der Waals surface area contributed by atoms with Gasteiger partial charge in [0.05, 0.1) is 46.2 Å². The van der Waals surface area contributed by atoms with E-state index >= 15 is 0 Å². The first-order valence-electron chi connectivity index (χ1n) is 16.3. The van der Waals surface area contributed by atoms with Crippen LogP contribution in [0.15, 0.2) is 72.4 Å². The fraction of sp³-hybridized carbons (Fsp3) is 0.500. The number of para-hydroxylation sites is 1. The number of hydrogen-bond acceptors (Lipinski definition) is 8. The van der Waals surface area contributed by atoms with Gasteiger partial charge in [-0.15, -0.1) is 0 Å². The van der Waals surface area contributed by atoms with Crippen molar-refractivity contribution in [3.63, 3.8) is 0 Å². The summed E-state index contributed by atoms with van der Waals surface area (Å²) >= 11 is 0. The highest BCUT2D eigenvalue weighted by Gasteiger charge is 2.66. The van der Waals surface area contributed by atoms with Crippen LogP contribution in [-0.4, -0.2) is 51.7 Å². The molecule has 3 aliphatic heterocycles. The highest BCUT2D eigenvalue weighted by molar-refractivity contribution is 5.91. The molecule has 0 spiro atoms. The van der Waals surface area contributed by atoms with Crippen LogP contribution in [0.25, 0.3) is 16.9 Å². The van der Waals surface area contributed by atoms with Gasteiger partial charge in [-0.1, -0.05) is 44.2 Å². The zero-order valence-corrected chi connectivity index (χ0v) is 26.4. The van der Waals surface area contributed by atoms with E-state index in [1.807, 2.05) is 48.7 Å². The molecule has 240 valence electrons. The van der Waals surface area contributed by atoms with E-state index in [0.717, 1.165) is 43.4 Å². The van der Waals surface area contributed by atoms with Crippen molar-refractivity contribution >= 4 is 11.7 Å². The Kier molecular flexibility index (Phi) is 6.80. The molecule has 2 aliphatic carbocycles. The van der Waals surface area contributed by atoms with Crippen molar-refractivity contribution in [2.75, 3.05) is 13.2 Å². The lowest BCUT2D eigenvalue weighted by Gasteiger charge is -2.64. The second-order valence-electron chi connectivity index (χ2n) is 14.4. The van der Waals surface area contributed by atoms with Gasteiger partial charge in [0.25, 0.3) is 5.69 Å². The number of rotatable bonds is 5. The van der Waals surface area contributed by atoms with Crippen molar-refractivity contribution in [1.29, 1.82) is 0 Å². The van der Waals surface area contributed by atoms with E-state index in [-0.39, 0.29) is 40.3 Å². The average Bonchev–Trinajstić information content (AvgIpc) is 3.78. The minimum absolute atomic E-state index is 0.00194. The van der Waals surface area contributed by atoms with Crippen molar-refractivity contribution in [3.05, 3.63) is 88.1 Å². The van der Waals surface area contributed by atoms with Crippen molar-refractivity contribution in [3.8, 4) is 16.9 Å². The molecule has 46 heavy (non-hydrogen) atoms. The first-order valence-corrected chi connectivity index (χ1v) is 16.3. The number of fused-ring (bicyclic) bond motifs is 5. The number of cyclic esters (lactones) is 1. The first-order chi connectivity index (χ1) is 22.1. The van der Waals surface area contributed by atoms with Crippen LogP contribution in [0.4, 0.5) is 5.69 Å². The van der Waals surface area contributed by atoms with Crippen molar-refractivity contribution in [1.82, 2.24) is 9.78 Å². The molecule has 0 radical (unpaired) electrons. The van der Waals surface area contributed by atoms with Crippen LogP contribution in [0.3, 0.4) is 0 Å². The summed E-state index contributed by atoms with van der Waals surface area (Å²) in [6.45, 7) is 7.83. The summed E-state index contributed by atoms with van der Waals surface area (Å²) in [5.74, 6) is 0.413. The number of benzene rings is 2. The van der Waals surface area contributed by atoms with Crippen molar-refractivity contribution in [2.45, 2.75) is 77.0 Å². The van der Waals surface area contributed by atoms with Gasteiger partial charge in [-0.05, 0) is 74.5 Å². The Labute approximate surface area is 267 Å². The molecule has 2 saturated heterocycles. The number of carbonyl (C=O) groups excluding carboxylic acids is 1. The van der Waals surface area contributed by atoms with Crippen molar-refractivity contribution < 1.29 is 28.7 Å². The van der Waals surface area contributed by atoms with E-state index < -0.39 is 11.2 Å². The highest BCUT2D eigenvalue weighted by atomic mass is 16.7. The fourth-order valence-corrected chi connectivity index (χ4v) is 9.66. The monoisotopic (exact) mass is 625 g/mol. The minimum atomic E-state index is -0.664. The van der Waals surface area contributed by atoms with E-state index in [4.69, 9.17) is 24.0 Å². The minimum Gasteiger partial charge on any atom is -0.458 e. The van der Waals surface area contributed by atoms with E-state index in [0.29, 0.717) is 41.9 Å². The molecule has 5 aliphatic rings. The number of aromatic nitrogens is 2. The van der Waals surface area contributed by atoms with Gasteiger partial charge >= 0.3 is 5.97 Å². The molecule has 8 atom stereocenters. The van der Waals surface area contributed by atoms with E-state index in [1.165, 1.54) is 6.07 Å². The lowest BCUT2D eigenvalue weighted by molar-refractivity contribution is -0.384. The molecular formula is C36H39N3O7. The Bertz CT molecular complexity index is 1740. The molecule has 8 rings (SSSR count). The number of nitrogens with zero attached hydrogens (tertiary/aromatic N) is 3. The molecule has 4 fully saturated rings. The second-order valence-corrected chi connectivity index (χ2v) is 14.4. The highest BCUT2D eigenvalue weighted by Crippen LogP contribution is 2.67. The maximum absolute atomic E-state index is 12.4. The molecule has 2 aromatic carbocycles. The predicted octanol–water partition coefficient (Wildman–Crippen LogP) is 6.72. The molecular weight excluding hydrogens is 586 g/mol. The number of esters is 1. The Balaban J connectivity index is 1.09. The number of carbonyl (C=O) groups is 1. The summed E-state index contributed by atoms with van der Waals surface area (Å²) in [6.07, 6.45) is 7.50. The molecule has 4 heterocycles. The van der Waals surface area contributed by atoms with Crippen LogP contribution in [0.2, 0.25) is 0 Å². The van der Waals surface area contributed by atoms with Gasteiger partial charge in [0.1, 0.15) is 12.3 Å². The third kappa shape index (κ3) is 4.48. The first kappa shape index (κ1) is 29.5. The Hall–Kier alpha value is -3.86. The Morgan fingerprint density at radius 1 is 1.00 bits per heavy atom. The standard InChI is InChI=1S/C36H39N3O7/c1-34-15-13-30-35(2,28(34)12-16-36(3)29(34)19-27(46-36)25-14-17-43-32(25)40)21-44-33(45-30)26-20-38(23-9-5-4-6-10-23)37-31(26)22-8-7-11-24(18-22)39(41)42/h4-11,14,18,20,27-30,33H,12-13,15-17,19,21H2,1-3H3/t27?,28-,29-,30+,33?,34+,35-,36?/m0/s1. The van der Waals surface area contributed by atoms with Gasteiger partial charge in [0.2, 0.25) is 0 Å². The molecule has 0 amide bonds. The van der Waals surface area contributed by atoms with Crippen LogP contribution < -0.4 is 0 Å². The molecule has 0 bridgehead atoms. The summed E-state index contributed by atoms with van der Waals surface area (Å²) in [5.41, 5.74) is 3.05. The molecule has 10 heteroatoms. The molecule has 2 saturated carbocycles. The van der Waals surface area contributed by atoms with Crippen LogP contribution in [0, 0.1) is 32.8 Å². The third-order valence-corrected chi connectivity index (χ3v) is 11.9. The summed E-state index contributed by atoms with van der Waals surface area (Å²) in [4.78, 5) is 23.7. The van der Waals surface area contributed by atoms with E-state index in [1.54, 1.807) is 16.8 Å². The predicted molar refractivity (Wildman–Crippen MR) is 168 cm³/mol. The lowest BCUT2D eigenvalue weighted by Crippen LogP contribution is -2.63. The number of non-ortho nitro benzene ring substituents is 1. The van der Waals surface area contributed by atoms with Crippen molar-refractivity contribution in [2.24, 2.45) is 22.7 Å². The number of ether oxygens (including phenoxy) is 4. The topological polar surface area (TPSA) is 115 Å². The van der Waals surface area contributed by atoms with Crippen LogP contribution >= 0.6 is 0 Å². The summed E-state index contributed by atoms with van der Waals surface area (Å²) in [7, 11) is 0. The molecule has 1 aromatic heterocycles. The maximum Gasteiger partial charge on any atom is 0.336 e. The third-order valence-electron chi connectivity index (χ3n) is 11.9. The zero-order valence-electron chi connectivity index (χ0n) is 26.4. The van der Waals surface area contributed by atoms with Gasteiger partial charge < -0.3 is 18.9 Å². The zero-order chi connectivity index (χ0) is 31.8. The smallest absolute Gasteiger partial charge is 0.336 e. The SMILES string of the molecule is CC12CC[C@@H]3[C@]4(C)COC(c5cn(-c6ccccc6)nc5-c5cccc([N+](=O)[O-])c5)O[C@@H]4CC[C@@]3(C)[C@@H]1CC(C1=CCOC1=O)O2. The summed E-state index contributed by atoms with van der Waals surface area (Å²) in [6, 6.07) is 16.3. The van der Waals surface area contributed by atoms with E-state index in [9.17, 15) is 14.9 Å². The van der Waals surface area contributed by atoms with Crippen LogP contribution in [0.5, 0.6) is 0 Å². The normalized spacial score (nSPS) is 36.7. The molecule has 10 nitrogen and oxygen atoms in total. The quantitative estimate of drug-likeness (QED) is 0.174. The fourth-order valence-electron chi connectivity index (χ4n) is 9.66. The van der Waals surface area contributed by atoms with E-state index in [2.05, 4.69) is 20.8 Å². The van der Waals surface area contributed by atoms with Gasteiger partial charge in [-0.25, -0.2) is 9.48 Å². The number of nitro benzene ring substituents is 1. The number of hydrogen-bond donors (Lipinski definition) is 0. The lowest BCUT2D eigenvalue weighted by atomic mass is 9.44. The van der Waals surface area contributed by atoms with Gasteiger partial charge in [-0.3, -0.25) is 10.1 Å². The Morgan fingerprint density at radius 2 is 1.83 bits per heavy atom.